The number of hydrogen-bond donors (Lipinski definition) is 2. The zero-order valence-electron chi connectivity index (χ0n) is 11.3. The molecule has 0 spiro atoms. The van der Waals surface area contributed by atoms with E-state index in [1.54, 1.807) is 6.20 Å². The van der Waals surface area contributed by atoms with Crippen LogP contribution >= 0.6 is 0 Å². The summed E-state index contributed by atoms with van der Waals surface area (Å²) in [6.45, 7) is 0. The highest BCUT2D eigenvalue weighted by Crippen LogP contribution is 2.14. The molecule has 0 radical (unpaired) electrons. The monoisotopic (exact) mass is 290 g/mol. The van der Waals surface area contributed by atoms with E-state index in [2.05, 4.69) is 9.97 Å². The number of carbonyl (C=O) groups excluding carboxylic acids is 1. The van der Waals surface area contributed by atoms with Gasteiger partial charge in [0.1, 0.15) is 11.6 Å². The van der Waals surface area contributed by atoms with E-state index < -0.39 is 11.9 Å². The van der Waals surface area contributed by atoms with Gasteiger partial charge in [-0.2, -0.15) is 0 Å². The first kappa shape index (κ1) is 14.9. The maximum absolute atomic E-state index is 12.8. The molecule has 1 aromatic heterocycles. The molecule has 0 aliphatic heterocycles. The van der Waals surface area contributed by atoms with E-state index in [-0.39, 0.29) is 30.9 Å². The standard InChI is InChI=1S/C15H15FN2O3/c16-12-3-1-10(2-4-12)5-14(19)7-11(15(20)21)6-13-8-17-9-18-13/h1-4,8-9,11H,5-7H2,(H,17,18)(H,20,21). The molecule has 1 atom stereocenters. The van der Waals surface area contributed by atoms with Crippen LogP contribution in [0, 0.1) is 11.7 Å². The first-order valence-corrected chi connectivity index (χ1v) is 6.51. The molecule has 0 fully saturated rings. The lowest BCUT2D eigenvalue weighted by atomic mass is 9.94. The Balaban J connectivity index is 1.95. The fourth-order valence-electron chi connectivity index (χ4n) is 2.09. The highest BCUT2D eigenvalue weighted by Gasteiger charge is 2.22. The zero-order valence-corrected chi connectivity index (χ0v) is 11.3. The Hall–Kier alpha value is -2.50. The second kappa shape index (κ2) is 6.78. The van der Waals surface area contributed by atoms with E-state index in [9.17, 15) is 19.1 Å². The lowest BCUT2D eigenvalue weighted by molar-refractivity contribution is -0.143. The molecule has 21 heavy (non-hydrogen) atoms. The molecule has 1 aromatic carbocycles. The average Bonchev–Trinajstić information content (AvgIpc) is 2.93. The molecule has 0 amide bonds. The topological polar surface area (TPSA) is 83.0 Å². The molecule has 6 heteroatoms. The Morgan fingerprint density at radius 1 is 1.29 bits per heavy atom. The van der Waals surface area contributed by atoms with Crippen molar-refractivity contribution in [2.24, 2.45) is 5.92 Å². The molecule has 0 saturated carbocycles. The molecule has 2 N–H and O–H groups in total. The van der Waals surface area contributed by atoms with Gasteiger partial charge in [-0.15, -0.1) is 0 Å². The van der Waals surface area contributed by atoms with Gasteiger partial charge >= 0.3 is 5.97 Å². The number of hydrogen-bond acceptors (Lipinski definition) is 3. The van der Waals surface area contributed by atoms with Crippen molar-refractivity contribution in [3.8, 4) is 0 Å². The summed E-state index contributed by atoms with van der Waals surface area (Å²) >= 11 is 0. The highest BCUT2D eigenvalue weighted by atomic mass is 19.1. The number of carbonyl (C=O) groups is 2. The molecule has 0 bridgehead atoms. The molecule has 2 rings (SSSR count). The first-order chi connectivity index (χ1) is 10.0. The summed E-state index contributed by atoms with van der Waals surface area (Å²) in [6, 6.07) is 5.61. The molecule has 0 saturated heterocycles. The molecule has 1 unspecified atom stereocenters. The number of aromatic nitrogens is 2. The van der Waals surface area contributed by atoms with Gasteiger partial charge < -0.3 is 10.1 Å². The van der Waals surface area contributed by atoms with Crippen LogP contribution in [-0.2, 0) is 22.4 Å². The summed E-state index contributed by atoms with van der Waals surface area (Å²) in [5.41, 5.74) is 1.35. The number of aromatic amines is 1. The minimum atomic E-state index is -1.02. The van der Waals surface area contributed by atoms with Crippen LogP contribution in [0.25, 0.3) is 0 Å². The smallest absolute Gasteiger partial charge is 0.307 e. The molecule has 0 aliphatic carbocycles. The SMILES string of the molecule is O=C(Cc1ccc(F)cc1)CC(Cc1cnc[nH]1)C(=O)O. The summed E-state index contributed by atoms with van der Waals surface area (Å²) in [5, 5.41) is 9.19. The van der Waals surface area contributed by atoms with Crippen molar-refractivity contribution in [3.05, 3.63) is 53.9 Å². The largest absolute Gasteiger partial charge is 0.481 e. The van der Waals surface area contributed by atoms with Gasteiger partial charge in [-0.25, -0.2) is 9.37 Å². The number of aliphatic carboxylic acids is 1. The summed E-state index contributed by atoms with van der Waals surface area (Å²) in [5.74, 6) is -2.36. The summed E-state index contributed by atoms with van der Waals surface area (Å²) in [4.78, 5) is 29.8. The predicted octanol–water partition coefficient (Wildman–Crippen LogP) is 1.99. The van der Waals surface area contributed by atoms with Gasteiger partial charge in [0.05, 0.1) is 12.2 Å². The van der Waals surface area contributed by atoms with Crippen LogP contribution in [0.2, 0.25) is 0 Å². The van der Waals surface area contributed by atoms with E-state index >= 15 is 0 Å². The molecule has 5 nitrogen and oxygen atoms in total. The summed E-state index contributed by atoms with van der Waals surface area (Å²) in [7, 11) is 0. The Kier molecular flexibility index (Phi) is 4.81. The number of halogens is 1. The molecule has 2 aromatic rings. The maximum Gasteiger partial charge on any atom is 0.307 e. The predicted molar refractivity (Wildman–Crippen MR) is 73.1 cm³/mol. The van der Waals surface area contributed by atoms with Gasteiger partial charge in [-0.1, -0.05) is 12.1 Å². The number of ketones is 1. The quantitative estimate of drug-likeness (QED) is 0.817. The van der Waals surface area contributed by atoms with E-state index in [1.807, 2.05) is 0 Å². The Morgan fingerprint density at radius 3 is 2.57 bits per heavy atom. The van der Waals surface area contributed by atoms with Crippen molar-refractivity contribution in [2.45, 2.75) is 19.3 Å². The molecule has 1 heterocycles. The van der Waals surface area contributed by atoms with E-state index in [1.165, 1.54) is 30.6 Å². The Bertz CT molecular complexity index is 608. The number of nitrogens with zero attached hydrogens (tertiary/aromatic N) is 1. The number of Topliss-reactive ketones (excluding diaryl/α,β-unsaturated/α-hetero) is 1. The minimum Gasteiger partial charge on any atom is -0.481 e. The number of H-pyrrole nitrogens is 1. The van der Waals surface area contributed by atoms with Crippen LogP contribution in [0.5, 0.6) is 0 Å². The van der Waals surface area contributed by atoms with Crippen molar-refractivity contribution >= 4 is 11.8 Å². The number of nitrogens with one attached hydrogen (secondary N) is 1. The van der Waals surface area contributed by atoms with Crippen LogP contribution in [0.1, 0.15) is 17.7 Å². The normalized spacial score (nSPS) is 12.0. The van der Waals surface area contributed by atoms with Crippen LogP contribution in [0.3, 0.4) is 0 Å². The Labute approximate surface area is 120 Å². The fraction of sp³-hybridized carbons (Fsp3) is 0.267. The third-order valence-electron chi connectivity index (χ3n) is 3.16. The fourth-order valence-corrected chi connectivity index (χ4v) is 2.09. The highest BCUT2D eigenvalue weighted by molar-refractivity contribution is 5.85. The maximum atomic E-state index is 12.8. The van der Waals surface area contributed by atoms with Crippen molar-refractivity contribution in [2.75, 3.05) is 0 Å². The lowest BCUT2D eigenvalue weighted by Gasteiger charge is -2.10. The van der Waals surface area contributed by atoms with Crippen LogP contribution in [0.4, 0.5) is 4.39 Å². The second-order valence-electron chi connectivity index (χ2n) is 4.86. The van der Waals surface area contributed by atoms with Crippen molar-refractivity contribution < 1.29 is 19.1 Å². The first-order valence-electron chi connectivity index (χ1n) is 6.51. The molecular weight excluding hydrogens is 275 g/mol. The van der Waals surface area contributed by atoms with Gasteiger partial charge in [0.25, 0.3) is 0 Å². The van der Waals surface area contributed by atoms with E-state index in [4.69, 9.17) is 0 Å². The van der Waals surface area contributed by atoms with E-state index in [0.717, 1.165) is 0 Å². The number of benzene rings is 1. The zero-order chi connectivity index (χ0) is 15.2. The lowest BCUT2D eigenvalue weighted by Crippen LogP contribution is -2.21. The number of imidazole rings is 1. The third-order valence-corrected chi connectivity index (χ3v) is 3.16. The molecule has 0 aliphatic rings. The second-order valence-corrected chi connectivity index (χ2v) is 4.86. The molecule has 110 valence electrons. The average molecular weight is 290 g/mol. The van der Waals surface area contributed by atoms with Crippen molar-refractivity contribution in [1.29, 1.82) is 0 Å². The van der Waals surface area contributed by atoms with E-state index in [0.29, 0.717) is 11.3 Å². The minimum absolute atomic E-state index is 0.0638. The number of carboxylic acid groups (broad SMARTS) is 1. The van der Waals surface area contributed by atoms with Gasteiger partial charge in [-0.3, -0.25) is 9.59 Å². The van der Waals surface area contributed by atoms with Crippen LogP contribution in [0.15, 0.2) is 36.8 Å². The Morgan fingerprint density at radius 2 is 2.00 bits per heavy atom. The van der Waals surface area contributed by atoms with Crippen molar-refractivity contribution in [1.82, 2.24) is 9.97 Å². The van der Waals surface area contributed by atoms with Gasteiger partial charge in [0.15, 0.2) is 0 Å². The van der Waals surface area contributed by atoms with Gasteiger partial charge in [-0.05, 0) is 17.7 Å². The molecular formula is C15H15FN2O3. The number of rotatable bonds is 7. The number of carboxylic acids is 1. The third kappa shape index (κ3) is 4.52. The van der Waals surface area contributed by atoms with Crippen LogP contribution < -0.4 is 0 Å². The van der Waals surface area contributed by atoms with Crippen LogP contribution in [-0.4, -0.2) is 26.8 Å². The van der Waals surface area contributed by atoms with Gasteiger partial charge in [0.2, 0.25) is 0 Å². The summed E-state index contributed by atoms with van der Waals surface area (Å²) in [6.07, 6.45) is 3.28. The van der Waals surface area contributed by atoms with Gasteiger partial charge in [0, 0.05) is 31.2 Å². The van der Waals surface area contributed by atoms with Crippen molar-refractivity contribution in [3.63, 3.8) is 0 Å². The summed E-state index contributed by atoms with van der Waals surface area (Å²) < 4.78 is 12.8.